The van der Waals surface area contributed by atoms with Gasteiger partial charge in [0.25, 0.3) is 5.56 Å². The Bertz CT molecular complexity index is 892. The zero-order valence-electron chi connectivity index (χ0n) is 17.1. The minimum atomic E-state index is -0.135. The molecule has 2 fully saturated rings. The summed E-state index contributed by atoms with van der Waals surface area (Å²) in [5.74, 6) is 1.09. The van der Waals surface area contributed by atoms with E-state index in [0.717, 1.165) is 56.7 Å². The number of hydrogen-bond donors (Lipinski definition) is 1. The van der Waals surface area contributed by atoms with Gasteiger partial charge in [-0.3, -0.25) is 9.59 Å². The second-order valence-corrected chi connectivity index (χ2v) is 8.21. The Morgan fingerprint density at radius 3 is 2.38 bits per heavy atom. The SMILES string of the molecule is CCc1ccc(-n2nc(N3CCC(C(=O)NC4CCCC4)CC3)ccc2=O)cc1. The van der Waals surface area contributed by atoms with Crippen LogP contribution < -0.4 is 15.8 Å². The summed E-state index contributed by atoms with van der Waals surface area (Å²) < 4.78 is 1.47. The van der Waals surface area contributed by atoms with Crippen molar-refractivity contribution in [2.75, 3.05) is 18.0 Å². The van der Waals surface area contributed by atoms with Gasteiger partial charge in [-0.1, -0.05) is 31.9 Å². The highest BCUT2D eigenvalue weighted by molar-refractivity contribution is 5.79. The molecular weight excluding hydrogens is 364 g/mol. The average molecular weight is 395 g/mol. The van der Waals surface area contributed by atoms with Crippen LogP contribution in [0.4, 0.5) is 5.82 Å². The molecule has 1 saturated heterocycles. The van der Waals surface area contributed by atoms with Gasteiger partial charge in [-0.05, 0) is 55.9 Å². The molecule has 1 amide bonds. The fraction of sp³-hybridized carbons (Fsp3) is 0.522. The number of rotatable bonds is 5. The Balaban J connectivity index is 1.41. The Morgan fingerprint density at radius 2 is 1.72 bits per heavy atom. The molecule has 154 valence electrons. The summed E-state index contributed by atoms with van der Waals surface area (Å²) in [6.07, 6.45) is 7.31. The van der Waals surface area contributed by atoms with E-state index in [0.29, 0.717) is 6.04 Å². The third-order valence-electron chi connectivity index (χ3n) is 6.27. The molecule has 0 spiro atoms. The molecule has 1 saturated carbocycles. The third kappa shape index (κ3) is 4.52. The summed E-state index contributed by atoms with van der Waals surface area (Å²) >= 11 is 0. The number of carbonyl (C=O) groups is 1. The second kappa shape index (κ2) is 8.80. The quantitative estimate of drug-likeness (QED) is 0.846. The van der Waals surface area contributed by atoms with E-state index in [1.165, 1.54) is 23.1 Å². The van der Waals surface area contributed by atoms with Crippen molar-refractivity contribution < 1.29 is 4.79 Å². The number of nitrogens with one attached hydrogen (secondary N) is 1. The van der Waals surface area contributed by atoms with Gasteiger partial charge in [0.15, 0.2) is 0 Å². The Hall–Kier alpha value is -2.63. The van der Waals surface area contributed by atoms with Gasteiger partial charge in [0.2, 0.25) is 5.91 Å². The Morgan fingerprint density at radius 1 is 1.03 bits per heavy atom. The lowest BCUT2D eigenvalue weighted by molar-refractivity contribution is -0.126. The first-order chi connectivity index (χ1) is 14.1. The number of aryl methyl sites for hydroxylation is 1. The smallest absolute Gasteiger partial charge is 0.271 e. The number of amides is 1. The van der Waals surface area contributed by atoms with E-state index in [-0.39, 0.29) is 17.4 Å². The molecule has 4 rings (SSSR count). The standard InChI is InChI=1S/C23H30N4O2/c1-2-17-7-9-20(10-8-17)27-22(28)12-11-21(25-27)26-15-13-18(14-16-26)23(29)24-19-5-3-4-6-19/h7-12,18-19H,2-6,13-16H2,1H3,(H,24,29). The van der Waals surface area contributed by atoms with Gasteiger partial charge < -0.3 is 10.2 Å². The van der Waals surface area contributed by atoms with Crippen molar-refractivity contribution in [3.05, 3.63) is 52.3 Å². The maximum Gasteiger partial charge on any atom is 0.271 e. The molecule has 6 heteroatoms. The van der Waals surface area contributed by atoms with Crippen molar-refractivity contribution in [1.29, 1.82) is 0 Å². The summed E-state index contributed by atoms with van der Waals surface area (Å²) in [5.41, 5.74) is 1.87. The van der Waals surface area contributed by atoms with Gasteiger partial charge in [0, 0.05) is 31.1 Å². The van der Waals surface area contributed by atoms with Crippen molar-refractivity contribution in [1.82, 2.24) is 15.1 Å². The molecule has 1 aliphatic carbocycles. The lowest BCUT2D eigenvalue weighted by Crippen LogP contribution is -2.43. The molecule has 2 aromatic rings. The molecule has 1 aliphatic heterocycles. The highest BCUT2D eigenvalue weighted by Crippen LogP contribution is 2.23. The van der Waals surface area contributed by atoms with Crippen LogP contribution in [0.1, 0.15) is 51.0 Å². The Labute approximate surface area is 171 Å². The maximum atomic E-state index is 12.5. The van der Waals surface area contributed by atoms with Crippen molar-refractivity contribution in [3.8, 4) is 5.69 Å². The zero-order chi connectivity index (χ0) is 20.2. The largest absolute Gasteiger partial charge is 0.355 e. The monoisotopic (exact) mass is 394 g/mol. The predicted molar refractivity (Wildman–Crippen MR) is 115 cm³/mol. The summed E-state index contributed by atoms with van der Waals surface area (Å²) in [6.45, 7) is 3.67. The molecule has 0 atom stereocenters. The van der Waals surface area contributed by atoms with Gasteiger partial charge in [0.05, 0.1) is 5.69 Å². The molecule has 6 nitrogen and oxygen atoms in total. The zero-order valence-corrected chi connectivity index (χ0v) is 17.1. The van der Waals surface area contributed by atoms with Crippen molar-refractivity contribution in [2.45, 2.75) is 57.9 Å². The summed E-state index contributed by atoms with van der Waals surface area (Å²) in [7, 11) is 0. The van der Waals surface area contributed by atoms with E-state index in [1.807, 2.05) is 24.3 Å². The van der Waals surface area contributed by atoms with E-state index in [9.17, 15) is 9.59 Å². The van der Waals surface area contributed by atoms with Gasteiger partial charge in [0.1, 0.15) is 5.82 Å². The van der Waals surface area contributed by atoms with Crippen molar-refractivity contribution >= 4 is 11.7 Å². The van der Waals surface area contributed by atoms with Crippen LogP contribution in [0.5, 0.6) is 0 Å². The first kappa shape index (κ1) is 19.7. The highest BCUT2D eigenvalue weighted by atomic mass is 16.2. The third-order valence-corrected chi connectivity index (χ3v) is 6.27. The van der Waals surface area contributed by atoms with Crippen LogP contribution in [-0.2, 0) is 11.2 Å². The van der Waals surface area contributed by atoms with E-state index in [1.54, 1.807) is 12.1 Å². The van der Waals surface area contributed by atoms with Crippen LogP contribution >= 0.6 is 0 Å². The second-order valence-electron chi connectivity index (χ2n) is 8.21. The first-order valence-corrected chi connectivity index (χ1v) is 10.9. The number of piperidine rings is 1. The fourth-order valence-electron chi connectivity index (χ4n) is 4.39. The van der Waals surface area contributed by atoms with E-state index < -0.39 is 0 Å². The first-order valence-electron chi connectivity index (χ1n) is 10.9. The minimum absolute atomic E-state index is 0.0827. The normalized spacial score (nSPS) is 18.2. The molecular formula is C23H30N4O2. The molecule has 0 radical (unpaired) electrons. The lowest BCUT2D eigenvalue weighted by atomic mass is 9.95. The number of anilines is 1. The molecule has 1 N–H and O–H groups in total. The number of carbonyl (C=O) groups excluding carboxylic acids is 1. The minimum Gasteiger partial charge on any atom is -0.355 e. The highest BCUT2D eigenvalue weighted by Gasteiger charge is 2.28. The fourth-order valence-corrected chi connectivity index (χ4v) is 4.39. The van der Waals surface area contributed by atoms with Gasteiger partial charge in [-0.25, -0.2) is 0 Å². The van der Waals surface area contributed by atoms with Crippen LogP contribution in [0.3, 0.4) is 0 Å². The maximum absolute atomic E-state index is 12.5. The van der Waals surface area contributed by atoms with Crippen LogP contribution in [0.2, 0.25) is 0 Å². The topological polar surface area (TPSA) is 67.2 Å². The van der Waals surface area contributed by atoms with Gasteiger partial charge in [-0.15, -0.1) is 5.10 Å². The molecule has 1 aromatic carbocycles. The number of aromatic nitrogens is 2. The van der Waals surface area contributed by atoms with E-state index >= 15 is 0 Å². The summed E-state index contributed by atoms with van der Waals surface area (Å²) in [5, 5.41) is 7.84. The van der Waals surface area contributed by atoms with E-state index in [2.05, 4.69) is 22.2 Å². The molecule has 2 aliphatic rings. The summed E-state index contributed by atoms with van der Waals surface area (Å²) in [6, 6.07) is 11.7. The van der Waals surface area contributed by atoms with Crippen LogP contribution in [0, 0.1) is 5.92 Å². The number of hydrogen-bond acceptors (Lipinski definition) is 4. The molecule has 0 unspecified atom stereocenters. The Kier molecular flexibility index (Phi) is 5.97. The molecule has 2 heterocycles. The molecule has 29 heavy (non-hydrogen) atoms. The van der Waals surface area contributed by atoms with Gasteiger partial charge in [-0.2, -0.15) is 4.68 Å². The number of nitrogens with zero attached hydrogens (tertiary/aromatic N) is 3. The van der Waals surface area contributed by atoms with Crippen LogP contribution in [-0.4, -0.2) is 34.8 Å². The molecule has 0 bridgehead atoms. The van der Waals surface area contributed by atoms with Crippen molar-refractivity contribution in [2.24, 2.45) is 5.92 Å². The van der Waals surface area contributed by atoms with Crippen LogP contribution in [0.25, 0.3) is 5.69 Å². The lowest BCUT2D eigenvalue weighted by Gasteiger charge is -2.32. The summed E-state index contributed by atoms with van der Waals surface area (Å²) in [4.78, 5) is 27.1. The van der Waals surface area contributed by atoms with Crippen LogP contribution in [0.15, 0.2) is 41.2 Å². The molecule has 1 aromatic heterocycles. The number of benzene rings is 1. The van der Waals surface area contributed by atoms with E-state index in [4.69, 9.17) is 0 Å². The predicted octanol–water partition coefficient (Wildman–Crippen LogP) is 3.07. The van der Waals surface area contributed by atoms with Crippen molar-refractivity contribution in [3.63, 3.8) is 0 Å². The van der Waals surface area contributed by atoms with Gasteiger partial charge >= 0.3 is 0 Å². The average Bonchev–Trinajstić information content (AvgIpc) is 3.27.